The van der Waals surface area contributed by atoms with Crippen LogP contribution >= 0.6 is 0 Å². The van der Waals surface area contributed by atoms with Crippen LogP contribution in [0.4, 0.5) is 0 Å². The van der Waals surface area contributed by atoms with E-state index in [9.17, 15) is 0 Å². The minimum absolute atomic E-state index is 1.09. The number of aryl methyl sites for hydroxylation is 1. The van der Waals surface area contributed by atoms with Crippen LogP contribution in [0.1, 0.15) is 11.3 Å². The Morgan fingerprint density at radius 3 is 2.32 bits per heavy atom. The van der Waals surface area contributed by atoms with Gasteiger partial charge in [-0.25, -0.2) is 14.7 Å². The first-order valence-corrected chi connectivity index (χ1v) is 8.07. The quantitative estimate of drug-likeness (QED) is 0.784. The summed E-state index contributed by atoms with van der Waals surface area (Å²) in [5.74, 6) is 0. The number of fused-ring (bicyclic) bond motifs is 1. The molecular formula is C17H22N5+. The van der Waals surface area contributed by atoms with Crippen LogP contribution in [-0.4, -0.2) is 64.2 Å². The number of nitrogens with zero attached hydrogens (tertiary/aromatic N) is 5. The van der Waals surface area contributed by atoms with Gasteiger partial charge in [0.2, 0.25) is 0 Å². The fourth-order valence-corrected chi connectivity index (χ4v) is 4.59. The van der Waals surface area contributed by atoms with E-state index in [0.29, 0.717) is 0 Å². The summed E-state index contributed by atoms with van der Waals surface area (Å²) in [7, 11) is 0. The third kappa shape index (κ3) is 1.97. The van der Waals surface area contributed by atoms with Crippen molar-refractivity contribution in [2.75, 3.05) is 40.0 Å². The number of benzene rings is 1. The van der Waals surface area contributed by atoms with Crippen LogP contribution in [0.2, 0.25) is 0 Å². The fraction of sp³-hybridized carbons (Fsp3) is 0.471. The summed E-state index contributed by atoms with van der Waals surface area (Å²) in [5, 5.41) is 1.26. The largest absolute Gasteiger partial charge is 0.282 e. The molecule has 0 atom stereocenters. The van der Waals surface area contributed by atoms with Crippen LogP contribution in [0.3, 0.4) is 0 Å². The Kier molecular flexibility index (Phi) is 2.64. The topological polar surface area (TPSA) is 22.6 Å². The van der Waals surface area contributed by atoms with Crippen molar-refractivity contribution in [2.45, 2.75) is 13.5 Å². The first kappa shape index (κ1) is 13.0. The first-order chi connectivity index (χ1) is 10.7. The van der Waals surface area contributed by atoms with Crippen molar-refractivity contribution in [3.63, 3.8) is 0 Å². The average molecular weight is 296 g/mol. The van der Waals surface area contributed by atoms with Crippen molar-refractivity contribution in [2.24, 2.45) is 0 Å². The van der Waals surface area contributed by atoms with E-state index in [1.54, 1.807) is 0 Å². The maximum atomic E-state index is 4.82. The second kappa shape index (κ2) is 4.49. The van der Waals surface area contributed by atoms with Gasteiger partial charge >= 0.3 is 0 Å². The third-order valence-corrected chi connectivity index (χ3v) is 5.23. The lowest BCUT2D eigenvalue weighted by Gasteiger charge is -2.60. The molecule has 4 fully saturated rings. The van der Waals surface area contributed by atoms with Gasteiger partial charge in [0.15, 0.2) is 0 Å². The van der Waals surface area contributed by atoms with E-state index in [1.807, 2.05) is 0 Å². The molecule has 4 bridgehead atoms. The highest BCUT2D eigenvalue weighted by Gasteiger charge is 2.48. The van der Waals surface area contributed by atoms with Gasteiger partial charge in [-0.15, -0.1) is 0 Å². The molecule has 6 rings (SSSR count). The Balaban J connectivity index is 1.52. The van der Waals surface area contributed by atoms with Crippen molar-refractivity contribution in [3.8, 4) is 0 Å². The van der Waals surface area contributed by atoms with Gasteiger partial charge in [0.25, 0.3) is 0 Å². The maximum Gasteiger partial charge on any atom is 0.139 e. The van der Waals surface area contributed by atoms with Crippen LogP contribution < -0.4 is 0 Å². The van der Waals surface area contributed by atoms with Crippen LogP contribution in [0.5, 0.6) is 0 Å². The lowest BCUT2D eigenvalue weighted by molar-refractivity contribution is -0.991. The lowest BCUT2D eigenvalue weighted by Crippen LogP contribution is -2.78. The van der Waals surface area contributed by atoms with Gasteiger partial charge in [-0.2, -0.15) is 0 Å². The summed E-state index contributed by atoms with van der Waals surface area (Å²) in [6, 6.07) is 10.8. The summed E-state index contributed by atoms with van der Waals surface area (Å²) in [4.78, 5) is 12.5. The molecule has 0 saturated carbocycles. The van der Waals surface area contributed by atoms with Gasteiger partial charge in [-0.3, -0.25) is 9.47 Å². The van der Waals surface area contributed by atoms with Crippen LogP contribution in [0.25, 0.3) is 10.9 Å². The number of rotatable bonds is 2. The van der Waals surface area contributed by atoms with E-state index in [2.05, 4.69) is 52.0 Å². The zero-order valence-corrected chi connectivity index (χ0v) is 13.1. The highest BCUT2D eigenvalue weighted by atomic mass is 15.7. The average Bonchev–Trinajstić information content (AvgIpc) is 2.46. The molecule has 22 heavy (non-hydrogen) atoms. The monoisotopic (exact) mass is 296 g/mol. The van der Waals surface area contributed by atoms with Gasteiger partial charge < -0.3 is 0 Å². The Bertz CT molecular complexity index is 706. The van der Waals surface area contributed by atoms with E-state index in [0.717, 1.165) is 36.6 Å². The molecule has 0 unspecified atom stereocenters. The maximum absolute atomic E-state index is 4.82. The molecule has 0 N–H and O–H groups in total. The molecular weight excluding hydrogens is 274 g/mol. The van der Waals surface area contributed by atoms with Gasteiger partial charge in [0.05, 0.1) is 25.5 Å². The SMILES string of the molecule is Cc1nc2ccccc2cc1C[N+]12CN3CN(CN(C3)C1)C2. The highest BCUT2D eigenvalue weighted by molar-refractivity contribution is 5.79. The van der Waals surface area contributed by atoms with Crippen LogP contribution in [-0.2, 0) is 6.54 Å². The van der Waals surface area contributed by atoms with Crippen molar-refractivity contribution in [1.29, 1.82) is 0 Å². The van der Waals surface area contributed by atoms with E-state index < -0.39 is 0 Å². The molecule has 4 saturated heterocycles. The molecule has 5 heteroatoms. The summed E-state index contributed by atoms with van der Waals surface area (Å²) < 4.78 is 1.14. The number of pyridine rings is 1. The lowest BCUT2D eigenvalue weighted by atomic mass is 10.1. The van der Waals surface area contributed by atoms with Gasteiger partial charge in [0.1, 0.15) is 26.6 Å². The molecule has 2 aromatic rings. The molecule has 114 valence electrons. The van der Waals surface area contributed by atoms with Gasteiger partial charge in [-0.05, 0) is 19.1 Å². The number of hydrogen-bond donors (Lipinski definition) is 0. The fourth-order valence-electron chi connectivity index (χ4n) is 4.59. The smallest absolute Gasteiger partial charge is 0.139 e. The number of aromatic nitrogens is 1. The van der Waals surface area contributed by atoms with E-state index in [1.165, 1.54) is 36.6 Å². The Morgan fingerprint density at radius 1 is 1.00 bits per heavy atom. The minimum Gasteiger partial charge on any atom is -0.282 e. The summed E-state index contributed by atoms with van der Waals surface area (Å²) in [6.07, 6.45) is 0. The standard InChI is InChI=1S/C17H22N5/c1-14-16(6-15-4-2-3-5-17(15)18-14)7-22-11-19-8-20(12-22)10-21(9-19)13-22/h2-6H,7-13H2,1H3/q+1. The van der Waals surface area contributed by atoms with E-state index in [4.69, 9.17) is 4.98 Å². The first-order valence-electron chi connectivity index (χ1n) is 8.07. The van der Waals surface area contributed by atoms with Gasteiger partial charge in [-0.1, -0.05) is 18.2 Å². The van der Waals surface area contributed by atoms with E-state index >= 15 is 0 Å². The normalized spacial score (nSPS) is 36.1. The molecule has 0 aliphatic carbocycles. The number of hydrogen-bond acceptors (Lipinski definition) is 4. The predicted octanol–water partition coefficient (Wildman–Crippen LogP) is 1.55. The molecule has 4 aliphatic heterocycles. The Labute approximate surface area is 130 Å². The predicted molar refractivity (Wildman–Crippen MR) is 85.2 cm³/mol. The number of quaternary nitrogens is 1. The molecule has 0 amide bonds. The van der Waals surface area contributed by atoms with Crippen molar-refractivity contribution in [3.05, 3.63) is 41.6 Å². The second-order valence-electron chi connectivity index (χ2n) is 7.29. The molecule has 5 nitrogen and oxygen atoms in total. The highest BCUT2D eigenvalue weighted by Crippen LogP contribution is 2.31. The molecule has 0 radical (unpaired) electrons. The third-order valence-electron chi connectivity index (χ3n) is 5.23. The van der Waals surface area contributed by atoms with Crippen molar-refractivity contribution in [1.82, 2.24) is 19.7 Å². The summed E-state index contributed by atoms with van der Waals surface area (Å²) in [6.45, 7) is 10.2. The second-order valence-corrected chi connectivity index (χ2v) is 7.29. The van der Waals surface area contributed by atoms with Crippen LogP contribution in [0.15, 0.2) is 30.3 Å². The zero-order valence-electron chi connectivity index (χ0n) is 13.1. The molecule has 5 heterocycles. The Hall–Kier alpha value is -1.53. The minimum atomic E-state index is 1.09. The van der Waals surface area contributed by atoms with Crippen LogP contribution in [0, 0.1) is 6.92 Å². The van der Waals surface area contributed by atoms with Crippen molar-refractivity contribution < 1.29 is 4.48 Å². The molecule has 4 aliphatic rings. The summed E-state index contributed by atoms with van der Waals surface area (Å²) >= 11 is 0. The summed E-state index contributed by atoms with van der Waals surface area (Å²) in [5.41, 5.74) is 3.70. The number of para-hydroxylation sites is 1. The van der Waals surface area contributed by atoms with E-state index in [-0.39, 0.29) is 0 Å². The molecule has 1 aromatic carbocycles. The van der Waals surface area contributed by atoms with Crippen molar-refractivity contribution >= 4 is 10.9 Å². The Morgan fingerprint density at radius 2 is 1.64 bits per heavy atom. The zero-order chi connectivity index (χ0) is 14.7. The molecule has 1 aromatic heterocycles. The van der Waals surface area contributed by atoms with Gasteiger partial charge in [0, 0.05) is 16.6 Å². The molecule has 0 spiro atoms.